The van der Waals surface area contributed by atoms with Crippen molar-refractivity contribution in [2.24, 2.45) is 5.14 Å². The fraction of sp³-hybridized carbons (Fsp3) is 0.136. The largest absolute Gasteiger partial charge is 0.355 e. The summed E-state index contributed by atoms with van der Waals surface area (Å²) in [6.45, 7) is 0.345. The Morgan fingerprint density at radius 2 is 1.89 bits per heavy atom. The third-order valence-corrected chi connectivity index (χ3v) is 8.51. The number of hydrogen-bond acceptors (Lipinski definition) is 7. The van der Waals surface area contributed by atoms with Crippen molar-refractivity contribution in [1.82, 2.24) is 14.9 Å². The van der Waals surface area contributed by atoms with Crippen LogP contribution < -0.4 is 16.0 Å². The predicted octanol–water partition coefficient (Wildman–Crippen LogP) is 3.85. The lowest BCUT2D eigenvalue weighted by Gasteiger charge is -2.14. The summed E-state index contributed by atoms with van der Waals surface area (Å²) in [6.07, 6.45) is 0.503. The van der Waals surface area contributed by atoms with Crippen LogP contribution in [0.1, 0.15) is 5.56 Å². The Bertz CT molecular complexity index is 1570. The van der Waals surface area contributed by atoms with Gasteiger partial charge in [0.2, 0.25) is 15.9 Å². The second-order valence-corrected chi connectivity index (χ2v) is 11.5. The normalized spacial score (nSPS) is 11.6. The first kappa shape index (κ1) is 25.7. The van der Waals surface area contributed by atoms with Gasteiger partial charge in [0.1, 0.15) is 4.70 Å². The van der Waals surface area contributed by atoms with E-state index >= 15 is 0 Å². The lowest BCUT2D eigenvalue weighted by Crippen LogP contribution is -2.28. The standard InChI is InChI=1S/C22H18Cl2N4O4S3/c23-15-2-1-3-17(19(15)24)28-21(30)20-16(9-11-33-20)27-22(28)34-12-18(29)26-10-8-13-4-6-14(7-5-13)35(25,31)32/h1-7,9,11H,8,10,12H2,(H,26,29)(H2,25,31,32). The molecule has 0 saturated carbocycles. The number of carbonyl (C=O) groups excluding carboxylic acids is 1. The van der Waals surface area contributed by atoms with Gasteiger partial charge in [-0.25, -0.2) is 18.5 Å². The zero-order chi connectivity index (χ0) is 25.2. The molecule has 13 heteroatoms. The highest BCUT2D eigenvalue weighted by atomic mass is 35.5. The van der Waals surface area contributed by atoms with Crippen LogP contribution >= 0.6 is 46.3 Å². The first-order chi connectivity index (χ1) is 16.6. The van der Waals surface area contributed by atoms with E-state index < -0.39 is 10.0 Å². The molecule has 4 rings (SSSR count). The van der Waals surface area contributed by atoms with E-state index in [0.29, 0.717) is 39.0 Å². The third kappa shape index (κ3) is 5.88. The maximum Gasteiger partial charge on any atom is 0.276 e. The Balaban J connectivity index is 1.46. The minimum absolute atomic E-state index is 0.0185. The number of nitrogens with zero attached hydrogens (tertiary/aromatic N) is 2. The molecule has 8 nitrogen and oxygen atoms in total. The molecule has 0 fully saturated rings. The molecule has 0 saturated heterocycles. The van der Waals surface area contributed by atoms with E-state index in [1.165, 1.54) is 28.0 Å². The Morgan fingerprint density at radius 1 is 1.14 bits per heavy atom. The first-order valence-corrected chi connectivity index (χ1v) is 14.3. The third-order valence-electron chi connectivity index (χ3n) is 4.94. The van der Waals surface area contributed by atoms with Crippen LogP contribution in [0.4, 0.5) is 0 Å². The molecule has 4 aromatic rings. The highest BCUT2D eigenvalue weighted by molar-refractivity contribution is 7.99. The van der Waals surface area contributed by atoms with Gasteiger partial charge in [0, 0.05) is 6.54 Å². The van der Waals surface area contributed by atoms with Crippen LogP contribution in [-0.2, 0) is 21.2 Å². The van der Waals surface area contributed by atoms with Crippen molar-refractivity contribution in [2.75, 3.05) is 12.3 Å². The first-order valence-electron chi connectivity index (χ1n) is 10.1. The number of benzene rings is 2. The van der Waals surface area contributed by atoms with Crippen molar-refractivity contribution >= 4 is 72.4 Å². The molecule has 0 radical (unpaired) electrons. The van der Waals surface area contributed by atoms with Crippen molar-refractivity contribution in [3.63, 3.8) is 0 Å². The van der Waals surface area contributed by atoms with Crippen LogP contribution in [0.15, 0.2) is 68.8 Å². The van der Waals surface area contributed by atoms with Crippen molar-refractivity contribution in [3.05, 3.63) is 79.9 Å². The van der Waals surface area contributed by atoms with Gasteiger partial charge in [0.25, 0.3) is 5.56 Å². The van der Waals surface area contributed by atoms with Crippen LogP contribution in [0.5, 0.6) is 0 Å². The number of hydrogen-bond donors (Lipinski definition) is 2. The summed E-state index contributed by atoms with van der Waals surface area (Å²) in [5.74, 6) is -0.232. The van der Waals surface area contributed by atoms with E-state index in [2.05, 4.69) is 10.3 Å². The molecule has 0 aliphatic heterocycles. The van der Waals surface area contributed by atoms with Gasteiger partial charge >= 0.3 is 0 Å². The van der Waals surface area contributed by atoms with E-state index in [-0.39, 0.29) is 27.1 Å². The van der Waals surface area contributed by atoms with E-state index in [1.54, 1.807) is 41.8 Å². The van der Waals surface area contributed by atoms with Gasteiger partial charge in [-0.15, -0.1) is 11.3 Å². The average molecular weight is 570 g/mol. The van der Waals surface area contributed by atoms with Crippen molar-refractivity contribution < 1.29 is 13.2 Å². The molecule has 0 spiro atoms. The van der Waals surface area contributed by atoms with E-state index in [9.17, 15) is 18.0 Å². The Kier molecular flexibility index (Phi) is 7.84. The fourth-order valence-electron chi connectivity index (χ4n) is 3.24. The van der Waals surface area contributed by atoms with Gasteiger partial charge in [0.15, 0.2) is 5.16 Å². The average Bonchev–Trinajstić information content (AvgIpc) is 3.29. The number of thiophene rings is 1. The number of halogens is 2. The summed E-state index contributed by atoms with van der Waals surface area (Å²) in [5, 5.41) is 10.5. The van der Waals surface area contributed by atoms with Gasteiger partial charge in [-0.3, -0.25) is 14.2 Å². The van der Waals surface area contributed by atoms with Crippen LogP contribution in [-0.4, -0.2) is 36.2 Å². The maximum absolute atomic E-state index is 13.2. The van der Waals surface area contributed by atoms with Gasteiger partial charge in [-0.05, 0) is 47.7 Å². The number of amides is 1. The number of sulfonamides is 1. The lowest BCUT2D eigenvalue weighted by molar-refractivity contribution is -0.118. The Labute approximate surface area is 219 Å². The number of aromatic nitrogens is 2. The van der Waals surface area contributed by atoms with Crippen LogP contribution in [0.2, 0.25) is 10.0 Å². The summed E-state index contributed by atoms with van der Waals surface area (Å²) >= 11 is 14.9. The molecule has 0 bridgehead atoms. The molecule has 0 aliphatic rings. The number of nitrogens with one attached hydrogen (secondary N) is 1. The van der Waals surface area contributed by atoms with Crippen molar-refractivity contribution in [1.29, 1.82) is 0 Å². The lowest BCUT2D eigenvalue weighted by atomic mass is 10.1. The zero-order valence-electron chi connectivity index (χ0n) is 17.9. The van der Waals surface area contributed by atoms with Crippen molar-refractivity contribution in [3.8, 4) is 5.69 Å². The molecule has 3 N–H and O–H groups in total. The highest BCUT2D eigenvalue weighted by Crippen LogP contribution is 2.31. The summed E-state index contributed by atoms with van der Waals surface area (Å²) in [7, 11) is -3.75. The number of fused-ring (bicyclic) bond motifs is 1. The smallest absolute Gasteiger partial charge is 0.276 e. The minimum Gasteiger partial charge on any atom is -0.355 e. The number of rotatable bonds is 8. The monoisotopic (exact) mass is 568 g/mol. The Hall–Kier alpha value is -2.41. The molecule has 0 aliphatic carbocycles. The Morgan fingerprint density at radius 3 is 2.60 bits per heavy atom. The number of thioether (sulfide) groups is 1. The fourth-order valence-corrected chi connectivity index (χ4v) is 5.73. The summed E-state index contributed by atoms with van der Waals surface area (Å²) < 4.78 is 24.5. The summed E-state index contributed by atoms with van der Waals surface area (Å²) in [4.78, 5) is 30.3. The number of carbonyl (C=O) groups is 1. The van der Waals surface area contributed by atoms with E-state index in [1.807, 2.05) is 0 Å². The zero-order valence-corrected chi connectivity index (χ0v) is 21.9. The second-order valence-electron chi connectivity index (χ2n) is 7.32. The SMILES string of the molecule is NS(=O)(=O)c1ccc(CCNC(=O)CSc2nc3ccsc3c(=O)n2-c2cccc(Cl)c2Cl)cc1. The second kappa shape index (κ2) is 10.7. The molecule has 0 unspecified atom stereocenters. The molecule has 182 valence electrons. The minimum atomic E-state index is -3.75. The van der Waals surface area contributed by atoms with Crippen LogP contribution in [0.3, 0.4) is 0 Å². The molecular formula is C22H18Cl2N4O4S3. The molecule has 1 amide bonds. The molecule has 2 heterocycles. The molecule has 2 aromatic heterocycles. The molecule has 35 heavy (non-hydrogen) atoms. The van der Waals surface area contributed by atoms with Gasteiger partial charge < -0.3 is 5.32 Å². The van der Waals surface area contributed by atoms with E-state index in [4.69, 9.17) is 28.3 Å². The molecule has 2 aromatic carbocycles. The van der Waals surface area contributed by atoms with Gasteiger partial charge in [0.05, 0.1) is 31.9 Å². The summed E-state index contributed by atoms with van der Waals surface area (Å²) in [6, 6.07) is 12.9. The molecule has 0 atom stereocenters. The molecular weight excluding hydrogens is 551 g/mol. The maximum atomic E-state index is 13.2. The van der Waals surface area contributed by atoms with Crippen LogP contribution in [0, 0.1) is 0 Å². The van der Waals surface area contributed by atoms with Crippen LogP contribution in [0.25, 0.3) is 15.9 Å². The van der Waals surface area contributed by atoms with Crippen molar-refractivity contribution in [2.45, 2.75) is 16.5 Å². The predicted molar refractivity (Wildman–Crippen MR) is 140 cm³/mol. The van der Waals surface area contributed by atoms with E-state index in [0.717, 1.165) is 17.3 Å². The quantitative estimate of drug-likeness (QED) is 0.245. The topological polar surface area (TPSA) is 124 Å². The number of nitrogens with two attached hydrogens (primary N) is 1. The van der Waals surface area contributed by atoms with Gasteiger partial charge in [-0.2, -0.15) is 0 Å². The number of primary sulfonamides is 1. The highest BCUT2D eigenvalue weighted by Gasteiger charge is 2.18. The van der Waals surface area contributed by atoms with Gasteiger partial charge in [-0.1, -0.05) is 53.2 Å². The summed E-state index contributed by atoms with van der Waals surface area (Å²) in [5.41, 5.74) is 1.48.